The number of halogens is 1. The molecule has 0 aliphatic heterocycles. The van der Waals surface area contributed by atoms with Gasteiger partial charge in [0.2, 0.25) is 0 Å². The van der Waals surface area contributed by atoms with Crippen LogP contribution in [-0.2, 0) is 20.4 Å². The summed E-state index contributed by atoms with van der Waals surface area (Å²) in [6, 6.07) is 6.00. The van der Waals surface area contributed by atoms with Gasteiger partial charge < -0.3 is 15.5 Å². The highest BCUT2D eigenvalue weighted by Gasteiger charge is 2.29. The molecule has 0 aromatic heterocycles. The maximum atomic E-state index is 13.7. The van der Waals surface area contributed by atoms with Crippen molar-refractivity contribution >= 4 is 33.2 Å². The predicted octanol–water partition coefficient (Wildman–Crippen LogP) is 1.91. The molecule has 3 N–H and O–H groups in total. The monoisotopic (exact) mass is 426 g/mol. The summed E-state index contributed by atoms with van der Waals surface area (Å²) in [5.41, 5.74) is -1.65. The van der Waals surface area contributed by atoms with E-state index in [0.29, 0.717) is 0 Å². The minimum atomic E-state index is -4.12. The molecule has 0 saturated carbocycles. The van der Waals surface area contributed by atoms with Gasteiger partial charge in [0.1, 0.15) is 17.5 Å². The summed E-state index contributed by atoms with van der Waals surface area (Å²) in [7, 11) is -4.12. The van der Waals surface area contributed by atoms with Crippen LogP contribution in [0.3, 0.4) is 0 Å². The van der Waals surface area contributed by atoms with Gasteiger partial charge in [-0.3, -0.25) is 10.1 Å². The summed E-state index contributed by atoms with van der Waals surface area (Å²) < 4.78 is 38.4. The number of nitro benzene ring substituents is 1. The van der Waals surface area contributed by atoms with E-state index in [1.165, 1.54) is 18.2 Å². The highest BCUT2D eigenvalue weighted by atomic mass is 32.2. The molecule has 2 aromatic rings. The number of aromatic carboxylic acids is 1. The van der Waals surface area contributed by atoms with E-state index >= 15 is 0 Å². The number of carboxylic acids is 2. The summed E-state index contributed by atoms with van der Waals surface area (Å²) >= 11 is 0. The second-order valence-electron chi connectivity index (χ2n) is 5.98. The van der Waals surface area contributed by atoms with Gasteiger partial charge in [-0.25, -0.2) is 22.4 Å². The topological polar surface area (TPSA) is 164 Å². The molecule has 10 nitrogen and oxygen atoms in total. The van der Waals surface area contributed by atoms with E-state index in [1.807, 2.05) is 0 Å². The van der Waals surface area contributed by atoms with Gasteiger partial charge in [-0.1, -0.05) is 18.2 Å². The second kappa shape index (κ2) is 8.65. The fourth-order valence-corrected chi connectivity index (χ4v) is 4.03. The van der Waals surface area contributed by atoms with Crippen LogP contribution in [0.25, 0.3) is 0 Å². The minimum absolute atomic E-state index is 0.145. The van der Waals surface area contributed by atoms with E-state index in [9.17, 15) is 37.6 Å². The van der Waals surface area contributed by atoms with Gasteiger partial charge in [0.15, 0.2) is 9.84 Å². The highest BCUT2D eigenvalue weighted by molar-refractivity contribution is 7.90. The average molecular weight is 426 g/mol. The molecule has 2 rings (SSSR count). The number of nitro groups is 1. The number of hydrogen-bond acceptors (Lipinski definition) is 7. The minimum Gasteiger partial charge on any atom is -0.480 e. The summed E-state index contributed by atoms with van der Waals surface area (Å²) in [6.45, 7) is 0. The zero-order valence-corrected chi connectivity index (χ0v) is 15.4. The Hall–Kier alpha value is -3.54. The number of carbonyl (C=O) groups is 2. The number of sulfone groups is 1. The van der Waals surface area contributed by atoms with Crippen molar-refractivity contribution in [1.29, 1.82) is 0 Å². The van der Waals surface area contributed by atoms with Crippen molar-refractivity contribution in [3.63, 3.8) is 0 Å². The lowest BCUT2D eigenvalue weighted by Crippen LogP contribution is -2.37. The third kappa shape index (κ3) is 5.72. The van der Waals surface area contributed by atoms with Crippen LogP contribution in [0.4, 0.5) is 15.8 Å². The summed E-state index contributed by atoms with van der Waals surface area (Å²) in [5, 5.41) is 31.7. The number of aliphatic carboxylic acids is 1. The molecule has 1 unspecified atom stereocenters. The van der Waals surface area contributed by atoms with Crippen LogP contribution >= 0.6 is 0 Å². The fraction of sp³-hybridized carbons (Fsp3) is 0.176. The van der Waals surface area contributed by atoms with Gasteiger partial charge in [-0.15, -0.1) is 0 Å². The summed E-state index contributed by atoms with van der Waals surface area (Å²) in [5.74, 6) is -5.55. The Morgan fingerprint density at radius 1 is 1.17 bits per heavy atom. The predicted molar refractivity (Wildman–Crippen MR) is 99.0 cm³/mol. The van der Waals surface area contributed by atoms with Crippen LogP contribution in [0.2, 0.25) is 0 Å². The van der Waals surface area contributed by atoms with Gasteiger partial charge in [0.05, 0.1) is 22.0 Å². The molecule has 0 aliphatic rings. The Bertz CT molecular complexity index is 1070. The molecule has 29 heavy (non-hydrogen) atoms. The molecule has 0 bridgehead atoms. The van der Waals surface area contributed by atoms with Crippen molar-refractivity contribution in [3.8, 4) is 0 Å². The second-order valence-corrected chi connectivity index (χ2v) is 8.08. The lowest BCUT2D eigenvalue weighted by Gasteiger charge is -2.16. The molecular weight excluding hydrogens is 411 g/mol. The first-order valence-corrected chi connectivity index (χ1v) is 9.77. The standard InChI is InChI=1S/C17H15FN2O8S/c18-12-4-2-1-3-11(12)8-29(27,28)9-14(17(23)24)19-13-6-5-10(16(21)22)7-15(13)20(25)26/h1-7,14,19H,8-9H2,(H,21,22)(H,23,24). The lowest BCUT2D eigenvalue weighted by molar-refractivity contribution is -0.384. The molecule has 1 atom stereocenters. The molecule has 0 aliphatic carbocycles. The van der Waals surface area contributed by atoms with Gasteiger partial charge in [-0.2, -0.15) is 0 Å². The van der Waals surface area contributed by atoms with E-state index in [2.05, 4.69) is 5.32 Å². The Labute approximate surface area is 163 Å². The van der Waals surface area contributed by atoms with Crippen molar-refractivity contribution in [1.82, 2.24) is 0 Å². The smallest absolute Gasteiger partial charge is 0.335 e. The quantitative estimate of drug-likeness (QED) is 0.401. The first-order valence-electron chi connectivity index (χ1n) is 7.95. The number of carboxylic acid groups (broad SMARTS) is 2. The maximum Gasteiger partial charge on any atom is 0.335 e. The van der Waals surface area contributed by atoms with Gasteiger partial charge >= 0.3 is 11.9 Å². The number of nitrogens with one attached hydrogen (secondary N) is 1. The average Bonchev–Trinajstić information content (AvgIpc) is 2.62. The van der Waals surface area contributed by atoms with Crippen LogP contribution in [0.15, 0.2) is 42.5 Å². The zero-order chi connectivity index (χ0) is 21.8. The highest BCUT2D eigenvalue weighted by Crippen LogP contribution is 2.27. The van der Waals surface area contributed by atoms with E-state index in [4.69, 9.17) is 5.11 Å². The van der Waals surface area contributed by atoms with E-state index in [0.717, 1.165) is 24.3 Å². The summed E-state index contributed by atoms with van der Waals surface area (Å²) in [4.78, 5) is 32.7. The summed E-state index contributed by atoms with van der Waals surface area (Å²) in [6.07, 6.45) is 0. The molecule has 0 heterocycles. The molecular formula is C17H15FN2O8S. The molecule has 2 aromatic carbocycles. The lowest BCUT2D eigenvalue weighted by atomic mass is 10.1. The number of nitrogens with zero attached hydrogens (tertiary/aromatic N) is 1. The normalized spacial score (nSPS) is 12.2. The Balaban J connectivity index is 2.29. The van der Waals surface area contributed by atoms with Crippen molar-refractivity contribution < 1.29 is 37.5 Å². The fourth-order valence-electron chi connectivity index (χ4n) is 2.47. The number of hydrogen-bond donors (Lipinski definition) is 3. The first kappa shape index (κ1) is 21.8. The van der Waals surface area contributed by atoms with Crippen LogP contribution < -0.4 is 5.32 Å². The third-order valence-electron chi connectivity index (χ3n) is 3.82. The van der Waals surface area contributed by atoms with Crippen LogP contribution in [0, 0.1) is 15.9 Å². The van der Waals surface area contributed by atoms with Crippen LogP contribution in [0.5, 0.6) is 0 Å². The number of benzene rings is 2. The maximum absolute atomic E-state index is 13.7. The number of rotatable bonds is 9. The van der Waals surface area contributed by atoms with Gasteiger partial charge in [0.25, 0.3) is 5.69 Å². The van der Waals surface area contributed by atoms with E-state index < -0.39 is 61.3 Å². The molecule has 0 fully saturated rings. The third-order valence-corrected chi connectivity index (χ3v) is 5.42. The Kier molecular flexibility index (Phi) is 6.49. The van der Waals surface area contributed by atoms with E-state index in [-0.39, 0.29) is 11.3 Å². The Morgan fingerprint density at radius 3 is 2.38 bits per heavy atom. The van der Waals surface area contributed by atoms with Crippen molar-refractivity contribution in [2.24, 2.45) is 0 Å². The van der Waals surface area contributed by atoms with Gasteiger partial charge in [-0.05, 0) is 18.2 Å². The first-order chi connectivity index (χ1) is 13.5. The molecule has 0 spiro atoms. The Morgan fingerprint density at radius 2 is 1.83 bits per heavy atom. The van der Waals surface area contributed by atoms with Crippen LogP contribution in [-0.4, -0.2) is 47.3 Å². The zero-order valence-electron chi connectivity index (χ0n) is 14.6. The largest absolute Gasteiger partial charge is 0.480 e. The SMILES string of the molecule is O=C(O)c1ccc(NC(CS(=O)(=O)Cc2ccccc2F)C(=O)O)c([N+](=O)[O-])c1. The molecule has 0 amide bonds. The molecule has 12 heteroatoms. The molecule has 0 saturated heterocycles. The van der Waals surface area contributed by atoms with Crippen molar-refractivity contribution in [2.45, 2.75) is 11.8 Å². The molecule has 154 valence electrons. The van der Waals surface area contributed by atoms with Crippen molar-refractivity contribution in [2.75, 3.05) is 11.1 Å². The molecule has 0 radical (unpaired) electrons. The van der Waals surface area contributed by atoms with E-state index in [1.54, 1.807) is 0 Å². The van der Waals surface area contributed by atoms with Crippen LogP contribution in [0.1, 0.15) is 15.9 Å². The number of anilines is 1. The van der Waals surface area contributed by atoms with Gasteiger partial charge in [0, 0.05) is 11.6 Å². The van der Waals surface area contributed by atoms with Crippen molar-refractivity contribution in [3.05, 3.63) is 69.5 Å².